The van der Waals surface area contributed by atoms with Crippen LogP contribution in [0, 0.1) is 0 Å². The summed E-state index contributed by atoms with van der Waals surface area (Å²) < 4.78 is 0. The van der Waals surface area contributed by atoms with Gasteiger partial charge in [-0.3, -0.25) is 4.98 Å². The van der Waals surface area contributed by atoms with Crippen LogP contribution >= 0.6 is 0 Å². The minimum atomic E-state index is 1.09. The zero-order chi connectivity index (χ0) is 12.6. The lowest BCUT2D eigenvalue weighted by molar-refractivity contribution is 0.666. The largest absolute Gasteiger partial charge is 0.256 e. The molecule has 2 aromatic rings. The number of rotatable bonds is 6. The van der Waals surface area contributed by atoms with Gasteiger partial charge in [-0.1, -0.05) is 56.5 Å². The normalized spacial score (nSPS) is 10.5. The van der Waals surface area contributed by atoms with Crippen molar-refractivity contribution in [3.05, 3.63) is 54.2 Å². The highest BCUT2D eigenvalue weighted by Crippen LogP contribution is 2.18. The number of aryl methyl sites for hydroxylation is 1. The minimum absolute atomic E-state index is 1.09. The van der Waals surface area contributed by atoms with Gasteiger partial charge in [0.2, 0.25) is 0 Å². The number of nitrogens with zero attached hydrogens (tertiary/aromatic N) is 1. The second-order valence-electron chi connectivity index (χ2n) is 4.73. The van der Waals surface area contributed by atoms with Crippen LogP contribution in [-0.2, 0) is 6.42 Å². The average molecular weight is 239 g/mol. The first-order chi connectivity index (χ1) is 8.90. The number of hydrogen-bond acceptors (Lipinski definition) is 1. The third-order valence-corrected chi connectivity index (χ3v) is 3.21. The highest BCUT2D eigenvalue weighted by atomic mass is 14.7. The van der Waals surface area contributed by atoms with Crippen molar-refractivity contribution in [2.45, 2.75) is 39.0 Å². The van der Waals surface area contributed by atoms with Gasteiger partial charge in [0.05, 0.1) is 5.69 Å². The van der Waals surface area contributed by atoms with Crippen LogP contribution in [0.5, 0.6) is 0 Å². The van der Waals surface area contributed by atoms with Crippen LogP contribution in [0.3, 0.4) is 0 Å². The molecule has 0 amide bonds. The van der Waals surface area contributed by atoms with Crippen LogP contribution in [0.15, 0.2) is 48.7 Å². The van der Waals surface area contributed by atoms with E-state index < -0.39 is 0 Å². The summed E-state index contributed by atoms with van der Waals surface area (Å²) in [5.41, 5.74) is 3.69. The molecule has 94 valence electrons. The number of unbranched alkanes of at least 4 members (excludes halogenated alkanes) is 3. The Kier molecular flexibility index (Phi) is 4.95. The maximum Gasteiger partial charge on any atom is 0.0704 e. The molecule has 1 heteroatoms. The van der Waals surface area contributed by atoms with E-state index in [-0.39, 0.29) is 0 Å². The van der Waals surface area contributed by atoms with Crippen molar-refractivity contribution < 1.29 is 0 Å². The van der Waals surface area contributed by atoms with E-state index in [1.165, 1.54) is 43.2 Å². The molecular weight excluding hydrogens is 218 g/mol. The summed E-state index contributed by atoms with van der Waals surface area (Å²) in [7, 11) is 0. The summed E-state index contributed by atoms with van der Waals surface area (Å²) >= 11 is 0. The molecule has 0 fully saturated rings. The molecule has 1 aromatic heterocycles. The Labute approximate surface area is 110 Å². The van der Waals surface area contributed by atoms with Gasteiger partial charge < -0.3 is 0 Å². The van der Waals surface area contributed by atoms with E-state index in [9.17, 15) is 0 Å². The van der Waals surface area contributed by atoms with Crippen LogP contribution in [0.2, 0.25) is 0 Å². The lowest BCUT2D eigenvalue weighted by Crippen LogP contribution is -1.89. The topological polar surface area (TPSA) is 12.9 Å². The van der Waals surface area contributed by atoms with Crippen LogP contribution in [-0.4, -0.2) is 4.98 Å². The molecule has 0 unspecified atom stereocenters. The molecule has 0 aliphatic rings. The molecule has 0 aliphatic heterocycles. The predicted octanol–water partition coefficient (Wildman–Crippen LogP) is 4.87. The van der Waals surface area contributed by atoms with Gasteiger partial charge >= 0.3 is 0 Å². The van der Waals surface area contributed by atoms with E-state index in [1.807, 2.05) is 12.3 Å². The molecule has 18 heavy (non-hydrogen) atoms. The van der Waals surface area contributed by atoms with E-state index in [2.05, 4.69) is 48.3 Å². The standard InChI is InChI=1S/C17H21N/c1-2-3-4-6-9-15-12-13-18-17(14-15)16-10-7-5-8-11-16/h5,7-8,10-14H,2-4,6,9H2,1H3. The summed E-state index contributed by atoms with van der Waals surface area (Å²) in [5, 5.41) is 0. The molecule has 0 saturated heterocycles. The first kappa shape index (κ1) is 12.8. The first-order valence-corrected chi connectivity index (χ1v) is 6.90. The molecule has 0 radical (unpaired) electrons. The highest BCUT2D eigenvalue weighted by molar-refractivity contribution is 5.59. The van der Waals surface area contributed by atoms with Crippen LogP contribution in [0.1, 0.15) is 38.2 Å². The van der Waals surface area contributed by atoms with E-state index in [1.54, 1.807) is 0 Å². The highest BCUT2D eigenvalue weighted by Gasteiger charge is 2.00. The molecule has 1 heterocycles. The van der Waals surface area contributed by atoms with Crippen molar-refractivity contribution in [2.75, 3.05) is 0 Å². The van der Waals surface area contributed by atoms with Crippen molar-refractivity contribution in [1.82, 2.24) is 4.98 Å². The second kappa shape index (κ2) is 6.95. The fourth-order valence-corrected chi connectivity index (χ4v) is 2.15. The van der Waals surface area contributed by atoms with E-state index in [0.717, 1.165) is 5.69 Å². The van der Waals surface area contributed by atoms with Crippen molar-refractivity contribution in [1.29, 1.82) is 0 Å². The fourth-order valence-electron chi connectivity index (χ4n) is 2.15. The van der Waals surface area contributed by atoms with Gasteiger partial charge in [0.1, 0.15) is 0 Å². The smallest absolute Gasteiger partial charge is 0.0704 e. The molecule has 0 spiro atoms. The van der Waals surface area contributed by atoms with Crippen LogP contribution in [0.4, 0.5) is 0 Å². The number of benzene rings is 1. The van der Waals surface area contributed by atoms with E-state index in [0.29, 0.717) is 0 Å². The quantitative estimate of drug-likeness (QED) is 0.655. The molecule has 2 rings (SSSR count). The second-order valence-corrected chi connectivity index (χ2v) is 4.73. The lowest BCUT2D eigenvalue weighted by atomic mass is 10.0. The van der Waals surface area contributed by atoms with Gasteiger partial charge in [-0.25, -0.2) is 0 Å². The Morgan fingerprint density at radius 3 is 2.56 bits per heavy atom. The summed E-state index contributed by atoms with van der Waals surface area (Å²) in [4.78, 5) is 4.45. The maximum absolute atomic E-state index is 4.45. The maximum atomic E-state index is 4.45. The zero-order valence-electron chi connectivity index (χ0n) is 11.1. The van der Waals surface area contributed by atoms with Gasteiger partial charge in [-0.15, -0.1) is 0 Å². The summed E-state index contributed by atoms with van der Waals surface area (Å²) in [5.74, 6) is 0. The minimum Gasteiger partial charge on any atom is -0.256 e. The third-order valence-electron chi connectivity index (χ3n) is 3.21. The predicted molar refractivity (Wildman–Crippen MR) is 77.5 cm³/mol. The summed E-state index contributed by atoms with van der Waals surface area (Å²) in [6, 6.07) is 14.8. The number of aromatic nitrogens is 1. The SMILES string of the molecule is CCCCCCc1ccnc(-c2ccccc2)c1. The van der Waals surface area contributed by atoms with E-state index >= 15 is 0 Å². The molecule has 0 bridgehead atoms. The molecule has 0 aliphatic carbocycles. The Morgan fingerprint density at radius 1 is 0.944 bits per heavy atom. The van der Waals surface area contributed by atoms with Gasteiger partial charge in [0, 0.05) is 11.8 Å². The van der Waals surface area contributed by atoms with Crippen molar-refractivity contribution in [2.24, 2.45) is 0 Å². The molecule has 1 aromatic carbocycles. The number of pyridine rings is 1. The Hall–Kier alpha value is -1.63. The Bertz CT molecular complexity index is 462. The molecular formula is C17H21N. The van der Waals surface area contributed by atoms with Crippen molar-refractivity contribution in [3.63, 3.8) is 0 Å². The van der Waals surface area contributed by atoms with Gasteiger partial charge in [0.25, 0.3) is 0 Å². The van der Waals surface area contributed by atoms with Crippen molar-refractivity contribution in [3.8, 4) is 11.3 Å². The fraction of sp³-hybridized carbons (Fsp3) is 0.353. The Morgan fingerprint density at radius 2 is 1.78 bits per heavy atom. The first-order valence-electron chi connectivity index (χ1n) is 6.90. The van der Waals surface area contributed by atoms with Gasteiger partial charge in [-0.2, -0.15) is 0 Å². The van der Waals surface area contributed by atoms with Crippen molar-refractivity contribution >= 4 is 0 Å². The molecule has 0 atom stereocenters. The van der Waals surface area contributed by atoms with Crippen LogP contribution < -0.4 is 0 Å². The third kappa shape index (κ3) is 3.69. The average Bonchev–Trinajstić information content (AvgIpc) is 2.45. The van der Waals surface area contributed by atoms with Gasteiger partial charge in [-0.05, 0) is 30.5 Å². The van der Waals surface area contributed by atoms with Crippen LogP contribution in [0.25, 0.3) is 11.3 Å². The summed E-state index contributed by atoms with van der Waals surface area (Å²) in [6.07, 6.45) is 8.35. The van der Waals surface area contributed by atoms with E-state index in [4.69, 9.17) is 0 Å². The summed E-state index contributed by atoms with van der Waals surface area (Å²) in [6.45, 7) is 2.25. The molecule has 0 N–H and O–H groups in total. The number of hydrogen-bond donors (Lipinski definition) is 0. The lowest BCUT2D eigenvalue weighted by Gasteiger charge is -2.04. The van der Waals surface area contributed by atoms with Gasteiger partial charge in [0.15, 0.2) is 0 Å². The molecule has 1 nitrogen and oxygen atoms in total. The Balaban J connectivity index is 2.02. The zero-order valence-corrected chi connectivity index (χ0v) is 11.1. The monoisotopic (exact) mass is 239 g/mol. The molecule has 0 saturated carbocycles.